The van der Waals surface area contributed by atoms with E-state index < -0.39 is 12.0 Å². The average Bonchev–Trinajstić information content (AvgIpc) is 3.09. The van der Waals surface area contributed by atoms with E-state index in [0.717, 1.165) is 52.0 Å². The van der Waals surface area contributed by atoms with Crippen LogP contribution in [0.3, 0.4) is 0 Å². The summed E-state index contributed by atoms with van der Waals surface area (Å²) in [5.41, 5.74) is 0.182. The van der Waals surface area contributed by atoms with E-state index in [4.69, 9.17) is 0 Å². The zero-order valence-corrected chi connectivity index (χ0v) is 18.4. The first-order valence-corrected chi connectivity index (χ1v) is 10.9. The summed E-state index contributed by atoms with van der Waals surface area (Å²) in [6.07, 6.45) is 3.49. The molecule has 0 radical (unpaired) electrons. The summed E-state index contributed by atoms with van der Waals surface area (Å²) in [7, 11) is 0. The van der Waals surface area contributed by atoms with Gasteiger partial charge in [-0.1, -0.05) is 34.6 Å². The highest BCUT2D eigenvalue weighted by atomic mass is 19.3. The lowest BCUT2D eigenvalue weighted by molar-refractivity contribution is -0.135. The number of carbonyl (C=O) groups is 1. The summed E-state index contributed by atoms with van der Waals surface area (Å²) in [4.78, 5) is 17.3. The van der Waals surface area contributed by atoms with Crippen molar-refractivity contribution >= 4 is 5.91 Å². The van der Waals surface area contributed by atoms with Gasteiger partial charge in [-0.05, 0) is 50.7 Å². The highest BCUT2D eigenvalue weighted by Gasteiger charge is 2.49. The van der Waals surface area contributed by atoms with E-state index >= 15 is 0 Å². The number of hydrogen-bond donors (Lipinski definition) is 0. The SMILES string of the molecule is CC.CC.CCN1CCC(N2CCC3(CCN(C(C)=O)C3)CC2)C(F)(F)C1. The van der Waals surface area contributed by atoms with Crippen LogP contribution in [0.1, 0.15) is 67.2 Å². The monoisotopic (exact) mass is 389 g/mol. The minimum atomic E-state index is -2.61. The molecule has 0 aromatic heterocycles. The number of hydrogen-bond acceptors (Lipinski definition) is 3. The van der Waals surface area contributed by atoms with Gasteiger partial charge in [0, 0.05) is 26.6 Å². The van der Waals surface area contributed by atoms with Gasteiger partial charge in [0.15, 0.2) is 0 Å². The third-order valence-electron chi connectivity index (χ3n) is 6.27. The molecule has 0 aromatic carbocycles. The Bertz CT molecular complexity index is 451. The molecular weight excluding hydrogens is 348 g/mol. The second-order valence-electron chi connectivity index (χ2n) is 7.66. The number of amides is 1. The maximum atomic E-state index is 14.5. The molecule has 160 valence electrons. The first-order chi connectivity index (χ1) is 12.9. The number of nitrogens with zero attached hydrogens (tertiary/aromatic N) is 3. The van der Waals surface area contributed by atoms with Crippen LogP contribution in [0, 0.1) is 5.41 Å². The van der Waals surface area contributed by atoms with Crippen LogP contribution in [0.4, 0.5) is 8.78 Å². The van der Waals surface area contributed by atoms with Crippen molar-refractivity contribution in [2.75, 3.05) is 45.8 Å². The van der Waals surface area contributed by atoms with Gasteiger partial charge in [0.2, 0.25) is 5.91 Å². The smallest absolute Gasteiger partial charge is 0.275 e. The lowest BCUT2D eigenvalue weighted by Gasteiger charge is -2.47. The molecule has 1 atom stereocenters. The van der Waals surface area contributed by atoms with Crippen LogP contribution in [-0.2, 0) is 4.79 Å². The van der Waals surface area contributed by atoms with Crippen molar-refractivity contribution < 1.29 is 13.6 Å². The molecule has 27 heavy (non-hydrogen) atoms. The Morgan fingerprint density at radius 2 is 1.52 bits per heavy atom. The Kier molecular flexibility index (Phi) is 9.63. The van der Waals surface area contributed by atoms with Crippen molar-refractivity contribution in [1.29, 1.82) is 0 Å². The molecule has 0 saturated carbocycles. The minimum Gasteiger partial charge on any atom is -0.342 e. The fourth-order valence-corrected chi connectivity index (χ4v) is 4.64. The van der Waals surface area contributed by atoms with Crippen LogP contribution in [0.25, 0.3) is 0 Å². The normalized spacial score (nSPS) is 27.4. The fourth-order valence-electron chi connectivity index (χ4n) is 4.64. The van der Waals surface area contributed by atoms with Crippen LogP contribution >= 0.6 is 0 Å². The fraction of sp³-hybridized carbons (Fsp3) is 0.952. The van der Waals surface area contributed by atoms with Crippen molar-refractivity contribution in [1.82, 2.24) is 14.7 Å². The van der Waals surface area contributed by atoms with Crippen molar-refractivity contribution in [3.05, 3.63) is 0 Å². The van der Waals surface area contributed by atoms with Crippen molar-refractivity contribution in [2.24, 2.45) is 5.41 Å². The quantitative estimate of drug-likeness (QED) is 0.711. The first-order valence-electron chi connectivity index (χ1n) is 10.9. The summed E-state index contributed by atoms with van der Waals surface area (Å²) in [5.74, 6) is -2.47. The minimum absolute atomic E-state index is 0.103. The van der Waals surface area contributed by atoms with E-state index in [9.17, 15) is 13.6 Å². The van der Waals surface area contributed by atoms with Gasteiger partial charge < -0.3 is 4.90 Å². The average molecular weight is 390 g/mol. The molecule has 3 heterocycles. The molecule has 3 fully saturated rings. The Morgan fingerprint density at radius 1 is 0.963 bits per heavy atom. The zero-order valence-electron chi connectivity index (χ0n) is 18.4. The van der Waals surface area contributed by atoms with Crippen LogP contribution in [0.15, 0.2) is 0 Å². The number of rotatable bonds is 2. The number of alkyl halides is 2. The Morgan fingerprint density at radius 3 is 1.96 bits per heavy atom. The third-order valence-corrected chi connectivity index (χ3v) is 6.27. The molecule has 1 unspecified atom stereocenters. The van der Waals surface area contributed by atoms with Crippen molar-refractivity contribution in [2.45, 2.75) is 79.2 Å². The van der Waals surface area contributed by atoms with E-state index in [2.05, 4.69) is 0 Å². The molecule has 0 bridgehead atoms. The first kappa shape index (κ1) is 24.3. The number of halogens is 2. The molecule has 0 N–H and O–H groups in total. The van der Waals surface area contributed by atoms with Crippen LogP contribution in [0.2, 0.25) is 0 Å². The van der Waals surface area contributed by atoms with Gasteiger partial charge >= 0.3 is 0 Å². The number of likely N-dealkylation sites (tertiary alicyclic amines) is 3. The van der Waals surface area contributed by atoms with Crippen LogP contribution in [-0.4, -0.2) is 78.4 Å². The van der Waals surface area contributed by atoms with E-state index in [1.807, 2.05) is 49.3 Å². The topological polar surface area (TPSA) is 26.8 Å². The summed E-state index contributed by atoms with van der Waals surface area (Å²) >= 11 is 0. The number of piperidine rings is 2. The van der Waals surface area contributed by atoms with Gasteiger partial charge in [0.25, 0.3) is 5.92 Å². The van der Waals surface area contributed by atoms with Crippen molar-refractivity contribution in [3.8, 4) is 0 Å². The molecule has 4 nitrogen and oxygen atoms in total. The highest BCUT2D eigenvalue weighted by molar-refractivity contribution is 5.73. The Balaban J connectivity index is 0.000000855. The van der Waals surface area contributed by atoms with Gasteiger partial charge in [-0.25, -0.2) is 8.78 Å². The molecule has 3 rings (SSSR count). The van der Waals surface area contributed by atoms with Gasteiger partial charge in [-0.2, -0.15) is 0 Å². The molecule has 0 aliphatic carbocycles. The second-order valence-corrected chi connectivity index (χ2v) is 7.66. The predicted octanol–water partition coefficient (Wildman–Crippen LogP) is 4.10. The molecule has 3 aliphatic heterocycles. The number of carbonyl (C=O) groups excluding carboxylic acids is 1. The lowest BCUT2D eigenvalue weighted by atomic mass is 9.77. The Labute approximate surface area is 165 Å². The molecular formula is C21H41F2N3O. The van der Waals surface area contributed by atoms with Gasteiger partial charge in [-0.3, -0.25) is 14.6 Å². The molecule has 1 spiro atoms. The van der Waals surface area contributed by atoms with Crippen LogP contribution in [0.5, 0.6) is 0 Å². The van der Waals surface area contributed by atoms with Crippen molar-refractivity contribution in [3.63, 3.8) is 0 Å². The summed E-state index contributed by atoms with van der Waals surface area (Å²) in [6.45, 7) is 16.1. The van der Waals surface area contributed by atoms with E-state index in [-0.39, 0.29) is 17.9 Å². The van der Waals surface area contributed by atoms with Gasteiger partial charge in [0.1, 0.15) is 0 Å². The van der Waals surface area contributed by atoms with Gasteiger partial charge in [0.05, 0.1) is 12.6 Å². The third kappa shape index (κ3) is 5.86. The lowest BCUT2D eigenvalue weighted by Crippen LogP contribution is -2.60. The van der Waals surface area contributed by atoms with Crippen LogP contribution < -0.4 is 0 Å². The highest BCUT2D eigenvalue weighted by Crippen LogP contribution is 2.42. The molecule has 1 amide bonds. The molecule has 6 heteroatoms. The van der Waals surface area contributed by atoms with E-state index in [1.165, 1.54) is 0 Å². The molecule has 3 aliphatic rings. The van der Waals surface area contributed by atoms with Gasteiger partial charge in [-0.15, -0.1) is 0 Å². The zero-order chi connectivity index (χ0) is 20.7. The Hall–Kier alpha value is -0.750. The predicted molar refractivity (Wildman–Crippen MR) is 108 cm³/mol. The largest absolute Gasteiger partial charge is 0.342 e. The summed E-state index contributed by atoms with van der Waals surface area (Å²) in [5, 5.41) is 0. The van der Waals surface area contributed by atoms with E-state index in [0.29, 0.717) is 13.0 Å². The second kappa shape index (κ2) is 10.7. The molecule has 0 aromatic rings. The maximum absolute atomic E-state index is 14.5. The van der Waals surface area contributed by atoms with E-state index in [1.54, 1.807) is 6.92 Å². The maximum Gasteiger partial charge on any atom is 0.275 e. The summed E-state index contributed by atoms with van der Waals surface area (Å²) in [6, 6.07) is -0.604. The standard InChI is InChI=1S/C17H29F2N3O.2C2H6/c1-3-20-8-4-15(17(18,19)13-20)21-9-5-16(6-10-21)7-11-22(12-16)14(2)23;2*1-2/h15H,3-13H2,1-2H3;2*1-2H3. The summed E-state index contributed by atoms with van der Waals surface area (Å²) < 4.78 is 29.0. The molecule has 3 saturated heterocycles.